The van der Waals surface area contributed by atoms with Crippen molar-refractivity contribution in [3.8, 4) is 5.75 Å². The van der Waals surface area contributed by atoms with E-state index in [2.05, 4.69) is 10.6 Å². The van der Waals surface area contributed by atoms with Crippen molar-refractivity contribution in [2.75, 3.05) is 19.7 Å². The summed E-state index contributed by atoms with van der Waals surface area (Å²) in [6.07, 6.45) is -0.761. The van der Waals surface area contributed by atoms with E-state index in [1.165, 1.54) is 11.0 Å². The summed E-state index contributed by atoms with van der Waals surface area (Å²) in [6, 6.07) is 3.38. The zero-order valence-electron chi connectivity index (χ0n) is 18.5. The van der Waals surface area contributed by atoms with E-state index in [0.717, 1.165) is 0 Å². The first kappa shape index (κ1) is 25.2. The maximum atomic E-state index is 12.9. The number of hydrogen-bond donors (Lipinski definition) is 4. The molecular formula is C21H33N3O6. The summed E-state index contributed by atoms with van der Waals surface area (Å²) in [6.45, 7) is 9.46. The number of carbonyl (C=O) groups is 3. The molecule has 0 spiro atoms. The predicted molar refractivity (Wildman–Crippen MR) is 112 cm³/mol. The molecule has 1 aromatic rings. The van der Waals surface area contributed by atoms with Crippen molar-refractivity contribution in [1.29, 1.82) is 0 Å². The Labute approximate surface area is 177 Å². The number of aryl methyl sites for hydroxylation is 1. The van der Waals surface area contributed by atoms with Gasteiger partial charge in [0.2, 0.25) is 11.8 Å². The molecule has 0 bridgehead atoms. The third-order valence-electron chi connectivity index (χ3n) is 3.97. The summed E-state index contributed by atoms with van der Waals surface area (Å²) < 4.78 is 5.12. The van der Waals surface area contributed by atoms with Crippen molar-refractivity contribution in [3.63, 3.8) is 0 Å². The summed E-state index contributed by atoms with van der Waals surface area (Å²) in [5, 5.41) is 24.5. The van der Waals surface area contributed by atoms with Crippen LogP contribution in [0.5, 0.6) is 5.75 Å². The number of hydrogen-bond acceptors (Lipinski definition) is 6. The minimum atomic E-state index is -1.05. The van der Waals surface area contributed by atoms with Crippen LogP contribution in [0.2, 0.25) is 0 Å². The second-order valence-electron chi connectivity index (χ2n) is 8.28. The average Bonchev–Trinajstić information content (AvgIpc) is 2.60. The number of rotatable bonds is 8. The standard InChI is InChI=1S/C21H33N3O6/c1-13(2)23-19(28)18(15-7-8-16(26)14(3)11-15)24(9-10-25)17(27)12-22-20(29)30-21(4,5)6/h7-8,11,13,18,25-26H,9-10,12H2,1-6H3,(H,22,29)(H,23,28). The van der Waals surface area contributed by atoms with Gasteiger partial charge in [-0.15, -0.1) is 0 Å². The number of amides is 3. The topological polar surface area (TPSA) is 128 Å². The molecule has 1 unspecified atom stereocenters. The molecule has 30 heavy (non-hydrogen) atoms. The zero-order chi connectivity index (χ0) is 23.1. The van der Waals surface area contributed by atoms with E-state index in [-0.39, 0.29) is 24.9 Å². The number of nitrogens with one attached hydrogen (secondary N) is 2. The van der Waals surface area contributed by atoms with Crippen molar-refractivity contribution in [2.24, 2.45) is 0 Å². The molecule has 0 saturated heterocycles. The van der Waals surface area contributed by atoms with Crippen LogP contribution in [-0.4, -0.2) is 64.4 Å². The van der Waals surface area contributed by atoms with Gasteiger partial charge in [0, 0.05) is 12.6 Å². The number of nitrogens with zero attached hydrogens (tertiary/aromatic N) is 1. The Morgan fingerprint density at radius 3 is 2.33 bits per heavy atom. The molecule has 0 aliphatic carbocycles. The molecule has 0 saturated carbocycles. The molecule has 0 aliphatic rings. The number of aliphatic hydroxyl groups excluding tert-OH is 1. The van der Waals surface area contributed by atoms with Crippen LogP contribution in [0.3, 0.4) is 0 Å². The highest BCUT2D eigenvalue weighted by molar-refractivity contribution is 5.90. The van der Waals surface area contributed by atoms with Crippen LogP contribution in [0.4, 0.5) is 4.79 Å². The van der Waals surface area contributed by atoms with Crippen LogP contribution >= 0.6 is 0 Å². The quantitative estimate of drug-likeness (QED) is 0.503. The molecule has 0 fully saturated rings. The highest BCUT2D eigenvalue weighted by atomic mass is 16.6. The molecule has 3 amide bonds. The molecule has 9 heteroatoms. The first-order valence-electron chi connectivity index (χ1n) is 9.82. The van der Waals surface area contributed by atoms with E-state index < -0.39 is 36.1 Å². The average molecular weight is 424 g/mol. The van der Waals surface area contributed by atoms with Gasteiger partial charge < -0.3 is 30.5 Å². The third-order valence-corrected chi connectivity index (χ3v) is 3.97. The van der Waals surface area contributed by atoms with Crippen molar-refractivity contribution >= 4 is 17.9 Å². The monoisotopic (exact) mass is 423 g/mol. The van der Waals surface area contributed by atoms with Crippen LogP contribution in [0.25, 0.3) is 0 Å². The number of phenols is 1. The maximum absolute atomic E-state index is 12.9. The minimum absolute atomic E-state index is 0.0633. The van der Waals surface area contributed by atoms with Gasteiger partial charge in [0.25, 0.3) is 0 Å². The molecule has 9 nitrogen and oxygen atoms in total. The van der Waals surface area contributed by atoms with Crippen LogP contribution < -0.4 is 10.6 Å². The molecule has 1 aromatic carbocycles. The molecular weight excluding hydrogens is 390 g/mol. The summed E-state index contributed by atoms with van der Waals surface area (Å²) >= 11 is 0. The number of alkyl carbamates (subject to hydrolysis) is 1. The lowest BCUT2D eigenvalue weighted by molar-refractivity contribution is -0.141. The van der Waals surface area contributed by atoms with Crippen LogP contribution in [0, 0.1) is 6.92 Å². The molecule has 1 atom stereocenters. The lowest BCUT2D eigenvalue weighted by Gasteiger charge is -2.32. The first-order valence-corrected chi connectivity index (χ1v) is 9.82. The SMILES string of the molecule is Cc1cc(C(C(=O)NC(C)C)N(CCO)C(=O)CNC(=O)OC(C)(C)C)ccc1O. The fourth-order valence-electron chi connectivity index (χ4n) is 2.75. The normalized spacial score (nSPS) is 12.3. The second-order valence-corrected chi connectivity index (χ2v) is 8.28. The van der Waals surface area contributed by atoms with Crippen molar-refractivity contribution in [3.05, 3.63) is 29.3 Å². The van der Waals surface area contributed by atoms with Gasteiger partial charge in [0.1, 0.15) is 23.9 Å². The van der Waals surface area contributed by atoms with Crippen molar-refractivity contribution in [2.45, 2.75) is 59.2 Å². The number of ether oxygens (including phenoxy) is 1. The Balaban J connectivity index is 3.16. The number of aliphatic hydroxyl groups is 1. The van der Waals surface area contributed by atoms with E-state index in [4.69, 9.17) is 4.74 Å². The Morgan fingerprint density at radius 1 is 1.20 bits per heavy atom. The fraction of sp³-hybridized carbons (Fsp3) is 0.571. The van der Waals surface area contributed by atoms with Gasteiger partial charge in [-0.1, -0.05) is 6.07 Å². The number of aromatic hydroxyl groups is 1. The Kier molecular flexibility index (Phi) is 9.10. The largest absolute Gasteiger partial charge is 0.508 e. The number of benzene rings is 1. The van der Waals surface area contributed by atoms with Gasteiger partial charge in [-0.3, -0.25) is 9.59 Å². The lowest BCUT2D eigenvalue weighted by Crippen LogP contribution is -2.49. The van der Waals surface area contributed by atoms with Gasteiger partial charge in [-0.05, 0) is 64.8 Å². The minimum Gasteiger partial charge on any atom is -0.508 e. The van der Waals surface area contributed by atoms with Crippen LogP contribution in [-0.2, 0) is 14.3 Å². The van der Waals surface area contributed by atoms with E-state index >= 15 is 0 Å². The van der Waals surface area contributed by atoms with Gasteiger partial charge in [-0.25, -0.2) is 4.79 Å². The van der Waals surface area contributed by atoms with Gasteiger partial charge >= 0.3 is 6.09 Å². The fourth-order valence-corrected chi connectivity index (χ4v) is 2.75. The van der Waals surface area contributed by atoms with E-state index in [1.807, 2.05) is 0 Å². The van der Waals surface area contributed by atoms with Gasteiger partial charge in [-0.2, -0.15) is 0 Å². The van der Waals surface area contributed by atoms with Crippen LogP contribution in [0.1, 0.15) is 51.8 Å². The Bertz CT molecular complexity index is 758. The summed E-state index contributed by atoms with van der Waals surface area (Å²) in [5.41, 5.74) is 0.293. The first-order chi connectivity index (χ1) is 13.9. The van der Waals surface area contributed by atoms with E-state index in [0.29, 0.717) is 11.1 Å². The summed E-state index contributed by atoms with van der Waals surface area (Å²) in [4.78, 5) is 38.9. The van der Waals surface area contributed by atoms with Gasteiger partial charge in [0.05, 0.1) is 6.61 Å². The lowest BCUT2D eigenvalue weighted by atomic mass is 10.0. The van der Waals surface area contributed by atoms with Crippen LogP contribution in [0.15, 0.2) is 18.2 Å². The van der Waals surface area contributed by atoms with E-state index in [1.54, 1.807) is 53.7 Å². The van der Waals surface area contributed by atoms with Crippen molar-refractivity contribution in [1.82, 2.24) is 15.5 Å². The predicted octanol–water partition coefficient (Wildman–Crippen LogP) is 1.61. The molecule has 0 aliphatic heterocycles. The maximum Gasteiger partial charge on any atom is 0.408 e. The number of phenolic OH excluding ortho intramolecular Hbond substituents is 1. The molecule has 0 aromatic heterocycles. The van der Waals surface area contributed by atoms with Crippen molar-refractivity contribution < 1.29 is 29.3 Å². The smallest absolute Gasteiger partial charge is 0.408 e. The zero-order valence-corrected chi connectivity index (χ0v) is 18.5. The Hall–Kier alpha value is -2.81. The molecule has 0 radical (unpaired) electrons. The second kappa shape index (κ2) is 10.8. The number of carbonyl (C=O) groups excluding carboxylic acids is 3. The molecule has 168 valence electrons. The molecule has 4 N–H and O–H groups in total. The molecule has 0 heterocycles. The highest BCUT2D eigenvalue weighted by Gasteiger charge is 2.32. The summed E-state index contributed by atoms with van der Waals surface area (Å²) in [7, 11) is 0. The third kappa shape index (κ3) is 7.90. The molecule has 1 rings (SSSR count). The van der Waals surface area contributed by atoms with Gasteiger partial charge in [0.15, 0.2) is 0 Å². The highest BCUT2D eigenvalue weighted by Crippen LogP contribution is 2.26. The Morgan fingerprint density at radius 2 is 1.83 bits per heavy atom. The summed E-state index contributed by atoms with van der Waals surface area (Å²) in [5.74, 6) is -0.938. The van der Waals surface area contributed by atoms with E-state index in [9.17, 15) is 24.6 Å².